The average Bonchev–Trinajstić information content (AvgIpc) is 3.22. The third-order valence-electron chi connectivity index (χ3n) is 4.86. The molecule has 1 saturated carbocycles. The number of nitrogens with zero attached hydrogens (tertiary/aromatic N) is 2. The van der Waals surface area contributed by atoms with Crippen LogP contribution in [-0.2, 0) is 9.53 Å². The summed E-state index contributed by atoms with van der Waals surface area (Å²) in [5, 5.41) is 12.5. The molecule has 0 radical (unpaired) electrons. The Kier molecular flexibility index (Phi) is 6.51. The summed E-state index contributed by atoms with van der Waals surface area (Å²) in [6.07, 6.45) is 5.77. The zero-order valence-corrected chi connectivity index (χ0v) is 16.8. The van der Waals surface area contributed by atoms with Gasteiger partial charge >= 0.3 is 5.97 Å². The number of rotatable bonds is 6. The molecule has 28 heavy (non-hydrogen) atoms. The van der Waals surface area contributed by atoms with Gasteiger partial charge in [-0.05, 0) is 31.9 Å². The number of aromatic hydroxyl groups is 1. The summed E-state index contributed by atoms with van der Waals surface area (Å²) in [7, 11) is 1.46. The Morgan fingerprint density at radius 3 is 2.64 bits per heavy atom. The maximum Gasteiger partial charge on any atom is 0.342 e. The Morgan fingerprint density at radius 2 is 2.04 bits per heavy atom. The molecule has 7 nitrogen and oxygen atoms in total. The SMILES string of the molecule is COc1ccc(C(=O)OC(C)C(=O)N(c2nccs2)C2CCCCC2)c(O)c1. The van der Waals surface area contributed by atoms with Gasteiger partial charge in [0.05, 0.1) is 7.11 Å². The van der Waals surface area contributed by atoms with E-state index in [1.54, 1.807) is 24.1 Å². The van der Waals surface area contributed by atoms with Gasteiger partial charge in [-0.3, -0.25) is 9.69 Å². The van der Waals surface area contributed by atoms with Crippen molar-refractivity contribution in [3.8, 4) is 11.5 Å². The number of aromatic nitrogens is 1. The predicted molar refractivity (Wildman–Crippen MR) is 106 cm³/mol. The number of ether oxygens (including phenoxy) is 2. The van der Waals surface area contributed by atoms with Crippen molar-refractivity contribution in [2.45, 2.75) is 51.2 Å². The molecular formula is C20H24N2O5S. The second-order valence-electron chi connectivity index (χ2n) is 6.75. The Balaban J connectivity index is 1.75. The molecule has 1 amide bonds. The molecule has 1 heterocycles. The second kappa shape index (κ2) is 9.05. The predicted octanol–water partition coefficient (Wildman–Crippen LogP) is 3.77. The van der Waals surface area contributed by atoms with Crippen molar-refractivity contribution < 1.29 is 24.2 Å². The fourth-order valence-corrected chi connectivity index (χ4v) is 4.10. The van der Waals surface area contributed by atoms with Crippen molar-refractivity contribution in [1.82, 2.24) is 4.98 Å². The lowest BCUT2D eigenvalue weighted by Crippen LogP contribution is -2.47. The maximum atomic E-state index is 13.1. The van der Waals surface area contributed by atoms with Crippen molar-refractivity contribution in [1.29, 1.82) is 0 Å². The van der Waals surface area contributed by atoms with Crippen LogP contribution in [0.2, 0.25) is 0 Å². The number of amides is 1. The Hall–Kier alpha value is -2.61. The van der Waals surface area contributed by atoms with Crippen LogP contribution in [0, 0.1) is 0 Å². The molecule has 1 N–H and O–H groups in total. The number of methoxy groups -OCH3 is 1. The van der Waals surface area contributed by atoms with Crippen LogP contribution in [0.25, 0.3) is 0 Å². The lowest BCUT2D eigenvalue weighted by molar-refractivity contribution is -0.127. The molecule has 0 bridgehead atoms. The van der Waals surface area contributed by atoms with Gasteiger partial charge in [0.15, 0.2) is 11.2 Å². The van der Waals surface area contributed by atoms with E-state index >= 15 is 0 Å². The molecule has 1 aliphatic carbocycles. The van der Waals surface area contributed by atoms with E-state index in [4.69, 9.17) is 9.47 Å². The number of carbonyl (C=O) groups is 2. The quantitative estimate of drug-likeness (QED) is 0.737. The van der Waals surface area contributed by atoms with Crippen molar-refractivity contribution in [2.75, 3.05) is 12.0 Å². The Labute approximate surface area is 167 Å². The topological polar surface area (TPSA) is 89.0 Å². The molecule has 1 atom stereocenters. The fourth-order valence-electron chi connectivity index (χ4n) is 3.39. The highest BCUT2D eigenvalue weighted by atomic mass is 32.1. The molecule has 1 aromatic carbocycles. The first kappa shape index (κ1) is 20.1. The third-order valence-corrected chi connectivity index (χ3v) is 5.63. The summed E-state index contributed by atoms with van der Waals surface area (Å²) < 4.78 is 10.4. The number of anilines is 1. The Morgan fingerprint density at radius 1 is 1.29 bits per heavy atom. The van der Waals surface area contributed by atoms with E-state index in [1.807, 2.05) is 5.38 Å². The van der Waals surface area contributed by atoms with Crippen LogP contribution >= 0.6 is 11.3 Å². The van der Waals surface area contributed by atoms with Gasteiger partial charge < -0.3 is 14.6 Å². The molecule has 150 valence electrons. The molecule has 1 fully saturated rings. The molecule has 0 spiro atoms. The molecular weight excluding hydrogens is 380 g/mol. The van der Waals surface area contributed by atoms with E-state index in [-0.39, 0.29) is 23.3 Å². The molecule has 8 heteroatoms. The van der Waals surface area contributed by atoms with Gasteiger partial charge in [0, 0.05) is 23.7 Å². The van der Waals surface area contributed by atoms with Gasteiger partial charge in [-0.2, -0.15) is 0 Å². The highest BCUT2D eigenvalue weighted by molar-refractivity contribution is 7.13. The van der Waals surface area contributed by atoms with Crippen molar-refractivity contribution in [3.05, 3.63) is 35.3 Å². The first-order valence-corrected chi connectivity index (χ1v) is 10.2. The minimum absolute atomic E-state index is 0.0149. The van der Waals surface area contributed by atoms with Gasteiger partial charge in [0.2, 0.25) is 0 Å². The zero-order valence-electron chi connectivity index (χ0n) is 16.0. The molecule has 0 saturated heterocycles. The normalized spacial score (nSPS) is 15.6. The van der Waals surface area contributed by atoms with Crippen LogP contribution in [0.5, 0.6) is 11.5 Å². The monoisotopic (exact) mass is 404 g/mol. The number of esters is 1. The maximum absolute atomic E-state index is 13.1. The van der Waals surface area contributed by atoms with E-state index in [0.29, 0.717) is 10.9 Å². The lowest BCUT2D eigenvalue weighted by Gasteiger charge is -2.33. The van der Waals surface area contributed by atoms with Crippen LogP contribution in [-0.4, -0.2) is 41.2 Å². The molecule has 1 unspecified atom stereocenters. The van der Waals surface area contributed by atoms with Crippen LogP contribution in [0.15, 0.2) is 29.8 Å². The number of hydrogen-bond acceptors (Lipinski definition) is 7. The number of carbonyl (C=O) groups excluding carboxylic acids is 2. The van der Waals surface area contributed by atoms with Gasteiger partial charge in [-0.25, -0.2) is 9.78 Å². The van der Waals surface area contributed by atoms with E-state index in [1.165, 1.54) is 30.6 Å². The first-order valence-electron chi connectivity index (χ1n) is 9.31. The number of thiazole rings is 1. The van der Waals surface area contributed by atoms with Gasteiger partial charge in [-0.15, -0.1) is 11.3 Å². The summed E-state index contributed by atoms with van der Waals surface area (Å²) in [6, 6.07) is 4.34. The van der Waals surface area contributed by atoms with Crippen molar-refractivity contribution in [3.63, 3.8) is 0 Å². The smallest absolute Gasteiger partial charge is 0.342 e. The highest BCUT2D eigenvalue weighted by Crippen LogP contribution is 2.30. The van der Waals surface area contributed by atoms with Gasteiger partial charge in [0.25, 0.3) is 5.91 Å². The number of hydrogen-bond donors (Lipinski definition) is 1. The number of phenols is 1. The largest absolute Gasteiger partial charge is 0.507 e. The first-order chi connectivity index (χ1) is 13.5. The van der Waals surface area contributed by atoms with E-state index < -0.39 is 12.1 Å². The summed E-state index contributed by atoms with van der Waals surface area (Å²) in [5.41, 5.74) is -0.0149. The summed E-state index contributed by atoms with van der Waals surface area (Å²) >= 11 is 1.39. The minimum Gasteiger partial charge on any atom is -0.507 e. The standard InChI is InChI=1S/C20H24N2O5S/c1-13(27-19(25)16-9-8-15(26-2)12-17(16)23)18(24)22(20-21-10-11-28-20)14-6-4-3-5-7-14/h8-14,23H,3-7H2,1-2H3. The number of benzene rings is 1. The average molecular weight is 404 g/mol. The van der Waals surface area contributed by atoms with Crippen molar-refractivity contribution in [2.24, 2.45) is 0 Å². The zero-order chi connectivity index (χ0) is 20.1. The van der Waals surface area contributed by atoms with E-state index in [2.05, 4.69) is 4.98 Å². The summed E-state index contributed by atoms with van der Waals surface area (Å²) in [6.45, 7) is 1.55. The van der Waals surface area contributed by atoms with Crippen LogP contribution < -0.4 is 9.64 Å². The van der Waals surface area contributed by atoms with Gasteiger partial charge in [-0.1, -0.05) is 19.3 Å². The van der Waals surface area contributed by atoms with E-state index in [0.717, 1.165) is 32.1 Å². The number of phenolic OH excluding ortho intramolecular Hbond substituents is 1. The van der Waals surface area contributed by atoms with Gasteiger partial charge in [0.1, 0.15) is 17.1 Å². The van der Waals surface area contributed by atoms with E-state index in [9.17, 15) is 14.7 Å². The van der Waals surface area contributed by atoms with Crippen LogP contribution in [0.4, 0.5) is 5.13 Å². The summed E-state index contributed by atoms with van der Waals surface area (Å²) in [5.74, 6) is -0.898. The third kappa shape index (κ3) is 4.44. The summed E-state index contributed by atoms with van der Waals surface area (Å²) in [4.78, 5) is 31.6. The Bertz CT molecular complexity index is 818. The minimum atomic E-state index is -1.00. The van der Waals surface area contributed by atoms with Crippen LogP contribution in [0.1, 0.15) is 49.4 Å². The molecule has 1 aliphatic rings. The van der Waals surface area contributed by atoms with Crippen molar-refractivity contribution >= 4 is 28.3 Å². The van der Waals surface area contributed by atoms with Crippen LogP contribution in [0.3, 0.4) is 0 Å². The lowest BCUT2D eigenvalue weighted by atomic mass is 9.94. The fraction of sp³-hybridized carbons (Fsp3) is 0.450. The molecule has 2 aromatic rings. The highest BCUT2D eigenvalue weighted by Gasteiger charge is 2.33. The molecule has 0 aliphatic heterocycles. The molecule has 1 aromatic heterocycles. The molecule has 3 rings (SSSR count). The second-order valence-corrected chi connectivity index (χ2v) is 7.62.